The molecule has 0 saturated heterocycles. The van der Waals surface area contributed by atoms with E-state index in [0.29, 0.717) is 0 Å². The first-order valence-corrected chi connectivity index (χ1v) is 10.7. The summed E-state index contributed by atoms with van der Waals surface area (Å²) in [5, 5.41) is 6.36. The molecule has 148 valence electrons. The number of para-hydroxylation sites is 1. The van der Waals surface area contributed by atoms with Gasteiger partial charge in [-0.2, -0.15) is 0 Å². The van der Waals surface area contributed by atoms with E-state index < -0.39 is 0 Å². The molecule has 0 spiro atoms. The Labute approximate surface area is 181 Å². The molecule has 0 amide bonds. The molecule has 0 radical (unpaired) electrons. The summed E-state index contributed by atoms with van der Waals surface area (Å²) in [6.45, 7) is 2.21. The molecule has 2 nitrogen and oxygen atoms in total. The van der Waals surface area contributed by atoms with Crippen LogP contribution in [0.5, 0.6) is 0 Å². The summed E-state index contributed by atoms with van der Waals surface area (Å²) >= 11 is 0. The van der Waals surface area contributed by atoms with Gasteiger partial charge in [-0.3, -0.25) is 0 Å². The molecule has 0 aliphatic rings. The molecule has 2 heterocycles. The van der Waals surface area contributed by atoms with Crippen molar-refractivity contribution in [2.75, 3.05) is 0 Å². The van der Waals surface area contributed by atoms with Crippen LogP contribution in [0.15, 0.2) is 103 Å². The summed E-state index contributed by atoms with van der Waals surface area (Å²) in [6.07, 6.45) is 4.43. The minimum absolute atomic E-state index is 1.18. The number of hydrogen-bond acceptors (Lipinski definition) is 0. The maximum Gasteiger partial charge on any atom is 0.213 e. The maximum absolute atomic E-state index is 2.34. The van der Waals surface area contributed by atoms with Crippen molar-refractivity contribution in [1.82, 2.24) is 4.57 Å². The molecule has 31 heavy (non-hydrogen) atoms. The number of aromatic nitrogens is 2. The van der Waals surface area contributed by atoms with Crippen LogP contribution in [-0.4, -0.2) is 4.57 Å². The van der Waals surface area contributed by atoms with Crippen LogP contribution in [0.1, 0.15) is 5.56 Å². The molecule has 0 saturated carbocycles. The first-order chi connectivity index (χ1) is 15.2. The fourth-order valence-electron chi connectivity index (χ4n) is 4.77. The van der Waals surface area contributed by atoms with Crippen molar-refractivity contribution in [3.63, 3.8) is 0 Å². The molecular formula is C29H23N2+. The van der Waals surface area contributed by atoms with Crippen LogP contribution in [0, 0.1) is 6.92 Å². The topological polar surface area (TPSA) is 8.81 Å². The molecule has 6 aromatic rings. The lowest BCUT2D eigenvalue weighted by molar-refractivity contribution is -0.659. The smallest absolute Gasteiger partial charge is 0.213 e. The van der Waals surface area contributed by atoms with Crippen LogP contribution >= 0.6 is 0 Å². The van der Waals surface area contributed by atoms with E-state index in [9.17, 15) is 0 Å². The first-order valence-electron chi connectivity index (χ1n) is 10.7. The number of pyridine rings is 1. The van der Waals surface area contributed by atoms with Gasteiger partial charge < -0.3 is 4.57 Å². The Kier molecular flexibility index (Phi) is 3.94. The molecule has 2 aromatic heterocycles. The van der Waals surface area contributed by atoms with Crippen molar-refractivity contribution in [3.8, 4) is 16.9 Å². The van der Waals surface area contributed by atoms with Gasteiger partial charge in [-0.1, -0.05) is 48.5 Å². The summed E-state index contributed by atoms with van der Waals surface area (Å²) in [5.74, 6) is 0. The molecule has 6 rings (SSSR count). The Morgan fingerprint density at radius 2 is 1.39 bits per heavy atom. The summed E-state index contributed by atoms with van der Waals surface area (Å²) in [7, 11) is 2.15. The van der Waals surface area contributed by atoms with Crippen LogP contribution in [-0.2, 0) is 7.05 Å². The Bertz CT molecular complexity index is 1590. The molecule has 0 aliphatic heterocycles. The fourth-order valence-corrected chi connectivity index (χ4v) is 4.77. The van der Waals surface area contributed by atoms with Crippen LogP contribution < -0.4 is 4.57 Å². The lowest BCUT2D eigenvalue weighted by Gasteiger charge is -2.10. The monoisotopic (exact) mass is 399 g/mol. The highest BCUT2D eigenvalue weighted by molar-refractivity contribution is 6.01. The largest absolute Gasteiger partial charge is 0.317 e. The zero-order valence-corrected chi connectivity index (χ0v) is 17.7. The van der Waals surface area contributed by atoms with Gasteiger partial charge in [0.1, 0.15) is 7.05 Å². The first kappa shape index (κ1) is 17.9. The number of rotatable bonds is 2. The minimum atomic E-state index is 1.18. The molecule has 4 aromatic carbocycles. The van der Waals surface area contributed by atoms with Gasteiger partial charge in [-0.25, -0.2) is 4.57 Å². The van der Waals surface area contributed by atoms with Crippen LogP contribution in [0.3, 0.4) is 0 Å². The van der Waals surface area contributed by atoms with Gasteiger partial charge >= 0.3 is 0 Å². The Morgan fingerprint density at radius 3 is 2.16 bits per heavy atom. The molecule has 0 atom stereocenters. The summed E-state index contributed by atoms with van der Waals surface area (Å²) < 4.78 is 4.53. The number of hydrogen-bond donors (Lipinski definition) is 0. The van der Waals surface area contributed by atoms with Crippen molar-refractivity contribution in [1.29, 1.82) is 0 Å². The predicted octanol–water partition coefficient (Wildman–Crippen LogP) is 6.74. The molecule has 0 N–H and O–H groups in total. The second kappa shape index (κ2) is 6.82. The summed E-state index contributed by atoms with van der Waals surface area (Å²) in [4.78, 5) is 0. The highest BCUT2D eigenvalue weighted by Gasteiger charge is 2.19. The van der Waals surface area contributed by atoms with Gasteiger partial charge in [0.05, 0.1) is 11.1 Å². The SMILES string of the molecule is Cc1ccc2c(ccn2-c2ccccc2)c1-c1cc2cc3ccccc3cc2c[n+]1C. The molecule has 0 bridgehead atoms. The third-order valence-electron chi connectivity index (χ3n) is 6.33. The zero-order chi connectivity index (χ0) is 20.9. The number of nitrogens with zero attached hydrogens (tertiary/aromatic N) is 2. The Morgan fingerprint density at radius 1 is 0.677 bits per heavy atom. The van der Waals surface area contributed by atoms with Crippen molar-refractivity contribution in [2.45, 2.75) is 6.92 Å². The van der Waals surface area contributed by atoms with E-state index in [1.165, 1.54) is 55.0 Å². The second-order valence-electron chi connectivity index (χ2n) is 8.31. The molecule has 2 heteroatoms. The molecule has 0 unspecified atom stereocenters. The van der Waals surface area contributed by atoms with Crippen LogP contribution in [0.25, 0.3) is 49.4 Å². The molecular weight excluding hydrogens is 376 g/mol. The van der Waals surface area contributed by atoms with E-state index in [0.717, 1.165) is 0 Å². The third-order valence-corrected chi connectivity index (χ3v) is 6.33. The average molecular weight is 400 g/mol. The van der Waals surface area contributed by atoms with E-state index in [2.05, 4.69) is 126 Å². The Hall–Kier alpha value is -3.91. The minimum Gasteiger partial charge on any atom is -0.317 e. The van der Waals surface area contributed by atoms with Crippen molar-refractivity contribution >= 4 is 32.4 Å². The second-order valence-corrected chi connectivity index (χ2v) is 8.31. The lowest BCUT2D eigenvalue weighted by atomic mass is 9.97. The molecule has 0 fully saturated rings. The molecule has 0 aliphatic carbocycles. The van der Waals surface area contributed by atoms with Gasteiger partial charge in [-0.15, -0.1) is 0 Å². The quantitative estimate of drug-likeness (QED) is 0.225. The van der Waals surface area contributed by atoms with E-state index in [-0.39, 0.29) is 0 Å². The summed E-state index contributed by atoms with van der Waals surface area (Å²) in [5.41, 5.74) is 6.22. The van der Waals surface area contributed by atoms with Gasteiger partial charge in [0.15, 0.2) is 6.20 Å². The third kappa shape index (κ3) is 2.83. The van der Waals surface area contributed by atoms with Crippen molar-refractivity contribution in [2.24, 2.45) is 7.05 Å². The van der Waals surface area contributed by atoms with E-state index in [4.69, 9.17) is 0 Å². The van der Waals surface area contributed by atoms with E-state index in [1.807, 2.05) is 0 Å². The Balaban J connectivity index is 1.62. The average Bonchev–Trinajstić information content (AvgIpc) is 3.22. The summed E-state index contributed by atoms with van der Waals surface area (Å²) in [6, 6.07) is 32.8. The van der Waals surface area contributed by atoms with Gasteiger partial charge in [-0.05, 0) is 65.0 Å². The highest BCUT2D eigenvalue weighted by atomic mass is 15.0. The van der Waals surface area contributed by atoms with E-state index in [1.54, 1.807) is 0 Å². The highest BCUT2D eigenvalue weighted by Crippen LogP contribution is 2.34. The predicted molar refractivity (Wildman–Crippen MR) is 130 cm³/mol. The normalized spacial score (nSPS) is 11.5. The number of aryl methyl sites for hydroxylation is 2. The van der Waals surface area contributed by atoms with Crippen LogP contribution in [0.2, 0.25) is 0 Å². The van der Waals surface area contributed by atoms with Gasteiger partial charge in [0.25, 0.3) is 0 Å². The lowest BCUT2D eigenvalue weighted by Crippen LogP contribution is -2.30. The van der Waals surface area contributed by atoms with Gasteiger partial charge in [0.2, 0.25) is 5.69 Å². The standard InChI is InChI=1S/C29H23N2/c1-20-12-13-27-26(14-15-31(27)25-10-4-3-5-11-25)29(20)28-18-23-16-21-8-6-7-9-22(21)17-24(23)19-30(28)2/h3-19H,1-2H3/q+1. The van der Waals surface area contributed by atoms with Crippen LogP contribution in [0.4, 0.5) is 0 Å². The van der Waals surface area contributed by atoms with Crippen molar-refractivity contribution in [3.05, 3.63) is 109 Å². The maximum atomic E-state index is 2.34. The number of fused-ring (bicyclic) bond motifs is 3. The zero-order valence-electron chi connectivity index (χ0n) is 17.7. The van der Waals surface area contributed by atoms with E-state index >= 15 is 0 Å². The van der Waals surface area contributed by atoms with Crippen molar-refractivity contribution < 1.29 is 4.57 Å². The number of benzene rings is 4. The van der Waals surface area contributed by atoms with Gasteiger partial charge in [0, 0.05) is 28.7 Å². The fraction of sp³-hybridized carbons (Fsp3) is 0.0690.